The average molecular weight is 360 g/mol. The number of carbonyl (C=O) groups is 1. The second-order valence-electron chi connectivity index (χ2n) is 6.36. The molecule has 1 aliphatic heterocycles. The third-order valence-corrected chi connectivity index (χ3v) is 4.94. The highest BCUT2D eigenvalue weighted by molar-refractivity contribution is 6.30. The Morgan fingerprint density at radius 2 is 1.84 bits per heavy atom. The fourth-order valence-corrected chi connectivity index (χ4v) is 3.35. The van der Waals surface area contributed by atoms with E-state index in [1.54, 1.807) is 0 Å². The van der Waals surface area contributed by atoms with Gasteiger partial charge in [0.25, 0.3) is 0 Å². The van der Waals surface area contributed by atoms with Gasteiger partial charge in [0.05, 0.1) is 0 Å². The molecule has 0 unspecified atom stereocenters. The van der Waals surface area contributed by atoms with Crippen LogP contribution in [0.4, 0.5) is 10.6 Å². The molecule has 1 amide bonds. The zero-order valence-corrected chi connectivity index (χ0v) is 14.7. The molecule has 1 aromatic carbocycles. The molecule has 0 bridgehead atoms. The molecule has 132 valence electrons. The summed E-state index contributed by atoms with van der Waals surface area (Å²) in [7, 11) is 0. The first-order valence-electron chi connectivity index (χ1n) is 8.55. The molecule has 6 heteroatoms. The Bertz CT molecular complexity index is 696. The van der Waals surface area contributed by atoms with Gasteiger partial charge in [-0.2, -0.15) is 0 Å². The second kappa shape index (κ2) is 8.21. The van der Waals surface area contributed by atoms with Crippen molar-refractivity contribution in [3.63, 3.8) is 0 Å². The molecule has 5 nitrogen and oxygen atoms in total. The van der Waals surface area contributed by atoms with E-state index in [1.165, 1.54) is 0 Å². The third-order valence-electron chi connectivity index (χ3n) is 4.69. The van der Waals surface area contributed by atoms with Gasteiger partial charge < -0.3 is 15.3 Å². The van der Waals surface area contributed by atoms with Gasteiger partial charge in [-0.15, -0.1) is 0 Å². The van der Waals surface area contributed by atoms with E-state index < -0.39 is 6.09 Å². The van der Waals surface area contributed by atoms with Gasteiger partial charge in [-0.05, 0) is 55.0 Å². The van der Waals surface area contributed by atoms with Gasteiger partial charge in [0, 0.05) is 36.4 Å². The minimum absolute atomic E-state index is 0.536. The molecule has 0 radical (unpaired) electrons. The number of piperidine rings is 1. The van der Waals surface area contributed by atoms with Crippen LogP contribution >= 0.6 is 11.6 Å². The summed E-state index contributed by atoms with van der Waals surface area (Å²) in [5.41, 5.74) is 2.18. The topological polar surface area (TPSA) is 65.5 Å². The Hall–Kier alpha value is -2.27. The first-order valence-corrected chi connectivity index (χ1v) is 8.93. The van der Waals surface area contributed by atoms with Crippen LogP contribution in [-0.2, 0) is 0 Å². The number of anilines is 1. The van der Waals surface area contributed by atoms with E-state index in [2.05, 4.69) is 27.3 Å². The van der Waals surface area contributed by atoms with Gasteiger partial charge >= 0.3 is 6.09 Å². The number of benzene rings is 1. The number of aromatic nitrogens is 1. The molecule has 0 atom stereocenters. The number of nitrogens with zero attached hydrogens (tertiary/aromatic N) is 2. The Balaban J connectivity index is 1.53. The van der Waals surface area contributed by atoms with Crippen LogP contribution < -0.4 is 10.2 Å². The number of amides is 1. The lowest BCUT2D eigenvalue weighted by atomic mass is 9.93. The molecule has 25 heavy (non-hydrogen) atoms. The lowest BCUT2D eigenvalue weighted by molar-refractivity contribution is 0.193. The molecular weight excluding hydrogens is 338 g/mol. The van der Waals surface area contributed by atoms with E-state index in [1.807, 2.05) is 30.5 Å². The minimum atomic E-state index is -0.942. The van der Waals surface area contributed by atoms with E-state index in [4.69, 9.17) is 16.7 Å². The van der Waals surface area contributed by atoms with Crippen LogP contribution in [-0.4, -0.2) is 35.8 Å². The molecule has 1 aliphatic rings. The van der Waals surface area contributed by atoms with Gasteiger partial charge in [0.2, 0.25) is 0 Å². The highest BCUT2D eigenvalue weighted by atomic mass is 35.5. The number of hydrogen-bond donors (Lipinski definition) is 2. The number of carboxylic acid groups (broad SMARTS) is 1. The van der Waals surface area contributed by atoms with Crippen LogP contribution in [0, 0.1) is 5.92 Å². The number of halogens is 1. The fourth-order valence-electron chi connectivity index (χ4n) is 3.22. The predicted molar refractivity (Wildman–Crippen MR) is 100 cm³/mol. The quantitative estimate of drug-likeness (QED) is 0.836. The summed E-state index contributed by atoms with van der Waals surface area (Å²) < 4.78 is 0. The van der Waals surface area contributed by atoms with Gasteiger partial charge in [0.15, 0.2) is 0 Å². The zero-order chi connectivity index (χ0) is 17.6. The van der Waals surface area contributed by atoms with E-state index in [0.717, 1.165) is 54.3 Å². The highest BCUT2D eigenvalue weighted by Crippen LogP contribution is 2.26. The molecule has 0 spiro atoms. The summed E-state index contributed by atoms with van der Waals surface area (Å²) in [6, 6.07) is 11.9. The van der Waals surface area contributed by atoms with Gasteiger partial charge in [-0.25, -0.2) is 9.78 Å². The molecule has 2 heterocycles. The molecular formula is C19H22ClN3O2. The number of nitrogens with one attached hydrogen (secondary N) is 1. The van der Waals surface area contributed by atoms with E-state index >= 15 is 0 Å². The van der Waals surface area contributed by atoms with Crippen molar-refractivity contribution in [3.8, 4) is 11.1 Å². The van der Waals surface area contributed by atoms with E-state index in [-0.39, 0.29) is 0 Å². The molecule has 3 rings (SSSR count). The summed E-state index contributed by atoms with van der Waals surface area (Å²) >= 11 is 5.93. The molecule has 2 aromatic rings. The number of pyridine rings is 1. The molecule has 1 fully saturated rings. The normalized spacial score (nSPS) is 15.2. The number of rotatable bonds is 5. The highest BCUT2D eigenvalue weighted by Gasteiger charge is 2.20. The van der Waals surface area contributed by atoms with Crippen LogP contribution in [0.15, 0.2) is 42.6 Å². The predicted octanol–water partition coefficient (Wildman–Crippen LogP) is 4.28. The summed E-state index contributed by atoms with van der Waals surface area (Å²) in [6.45, 7) is 2.46. The van der Waals surface area contributed by atoms with Crippen LogP contribution in [0.3, 0.4) is 0 Å². The Morgan fingerprint density at radius 1 is 1.16 bits per heavy atom. The zero-order valence-electron chi connectivity index (χ0n) is 14.0. The van der Waals surface area contributed by atoms with Crippen molar-refractivity contribution < 1.29 is 9.90 Å². The third kappa shape index (κ3) is 4.86. The smallest absolute Gasteiger partial charge is 0.404 e. The SMILES string of the molecule is O=C(O)NCCC1CCN(c2ccc(-c3ccc(Cl)cc3)cn2)CC1. The van der Waals surface area contributed by atoms with Gasteiger partial charge in [-0.3, -0.25) is 0 Å². The number of hydrogen-bond acceptors (Lipinski definition) is 3. The van der Waals surface area contributed by atoms with Crippen LogP contribution in [0.2, 0.25) is 5.02 Å². The second-order valence-corrected chi connectivity index (χ2v) is 6.80. The van der Waals surface area contributed by atoms with Crippen molar-refractivity contribution in [2.75, 3.05) is 24.5 Å². The van der Waals surface area contributed by atoms with Crippen LogP contribution in [0.25, 0.3) is 11.1 Å². The lowest BCUT2D eigenvalue weighted by Crippen LogP contribution is -2.35. The van der Waals surface area contributed by atoms with Crippen molar-refractivity contribution in [3.05, 3.63) is 47.6 Å². The first kappa shape index (κ1) is 17.5. The summed E-state index contributed by atoms with van der Waals surface area (Å²) in [6.07, 6.45) is 4.01. The Morgan fingerprint density at radius 3 is 2.44 bits per heavy atom. The van der Waals surface area contributed by atoms with E-state index in [0.29, 0.717) is 12.5 Å². The van der Waals surface area contributed by atoms with Crippen molar-refractivity contribution in [2.45, 2.75) is 19.3 Å². The molecule has 1 saturated heterocycles. The Labute approximate surface area is 152 Å². The van der Waals surface area contributed by atoms with Gasteiger partial charge in [-0.1, -0.05) is 23.7 Å². The van der Waals surface area contributed by atoms with Crippen molar-refractivity contribution in [1.82, 2.24) is 10.3 Å². The maximum Gasteiger partial charge on any atom is 0.404 e. The fraction of sp³-hybridized carbons (Fsp3) is 0.368. The summed E-state index contributed by atoms with van der Waals surface area (Å²) in [5, 5.41) is 11.8. The molecule has 2 N–H and O–H groups in total. The monoisotopic (exact) mass is 359 g/mol. The van der Waals surface area contributed by atoms with E-state index in [9.17, 15) is 4.79 Å². The largest absolute Gasteiger partial charge is 0.465 e. The van der Waals surface area contributed by atoms with Crippen molar-refractivity contribution in [2.24, 2.45) is 5.92 Å². The lowest BCUT2D eigenvalue weighted by Gasteiger charge is -2.32. The Kier molecular flexibility index (Phi) is 5.76. The van der Waals surface area contributed by atoms with Crippen LogP contribution in [0.1, 0.15) is 19.3 Å². The average Bonchev–Trinajstić information content (AvgIpc) is 2.63. The molecule has 1 aromatic heterocycles. The van der Waals surface area contributed by atoms with Crippen molar-refractivity contribution >= 4 is 23.5 Å². The first-order chi connectivity index (χ1) is 12.1. The maximum absolute atomic E-state index is 10.5. The summed E-state index contributed by atoms with van der Waals surface area (Å²) in [5.74, 6) is 1.58. The standard InChI is InChI=1S/C19H22ClN3O2/c20-17-4-1-15(2-5-17)16-3-6-18(22-13-16)23-11-8-14(9-12-23)7-10-21-19(24)25/h1-6,13-14,21H,7-12H2,(H,24,25). The van der Waals surface area contributed by atoms with Gasteiger partial charge in [0.1, 0.15) is 5.82 Å². The summed E-state index contributed by atoms with van der Waals surface area (Å²) in [4.78, 5) is 17.4. The van der Waals surface area contributed by atoms with Crippen LogP contribution in [0.5, 0.6) is 0 Å². The maximum atomic E-state index is 10.5. The minimum Gasteiger partial charge on any atom is -0.465 e. The molecule has 0 saturated carbocycles. The molecule has 0 aliphatic carbocycles. The van der Waals surface area contributed by atoms with Crippen molar-refractivity contribution in [1.29, 1.82) is 0 Å².